The number of halogens is 1. The number of amides is 2. The SMILES string of the molecule is CC[C@H](C)NC(=O)c1ccccc1NC(=O)c1ccc(NS(C)(=O)=O)cc1Cl. The van der Waals surface area contributed by atoms with Crippen LogP contribution in [0.4, 0.5) is 11.4 Å². The lowest BCUT2D eigenvalue weighted by atomic mass is 10.1. The molecule has 2 rings (SSSR count). The highest BCUT2D eigenvalue weighted by atomic mass is 35.5. The van der Waals surface area contributed by atoms with Gasteiger partial charge in [0, 0.05) is 11.7 Å². The molecule has 7 nitrogen and oxygen atoms in total. The van der Waals surface area contributed by atoms with Crippen molar-refractivity contribution in [2.24, 2.45) is 0 Å². The summed E-state index contributed by atoms with van der Waals surface area (Å²) in [5.74, 6) is -0.802. The second kappa shape index (κ2) is 9.07. The molecular formula is C19H22ClN3O4S. The van der Waals surface area contributed by atoms with E-state index in [0.717, 1.165) is 12.7 Å². The Bertz CT molecular complexity index is 992. The van der Waals surface area contributed by atoms with Crippen LogP contribution in [0.3, 0.4) is 0 Å². The summed E-state index contributed by atoms with van der Waals surface area (Å²) in [7, 11) is -3.46. The monoisotopic (exact) mass is 423 g/mol. The van der Waals surface area contributed by atoms with E-state index in [1.165, 1.54) is 18.2 Å². The van der Waals surface area contributed by atoms with Gasteiger partial charge in [0.15, 0.2) is 0 Å². The van der Waals surface area contributed by atoms with Crippen LogP contribution in [0.15, 0.2) is 42.5 Å². The fraction of sp³-hybridized carbons (Fsp3) is 0.263. The molecule has 2 aromatic carbocycles. The molecule has 1 atom stereocenters. The maximum absolute atomic E-state index is 12.6. The van der Waals surface area contributed by atoms with Crippen LogP contribution in [0.25, 0.3) is 0 Å². The zero-order valence-electron chi connectivity index (χ0n) is 15.7. The summed E-state index contributed by atoms with van der Waals surface area (Å²) in [6, 6.07) is 10.8. The molecule has 0 spiro atoms. The number of rotatable bonds is 7. The lowest BCUT2D eigenvalue weighted by Gasteiger charge is -2.15. The highest BCUT2D eigenvalue weighted by Crippen LogP contribution is 2.24. The Hall–Kier alpha value is -2.58. The van der Waals surface area contributed by atoms with Crippen LogP contribution in [-0.2, 0) is 10.0 Å². The first-order valence-electron chi connectivity index (χ1n) is 8.59. The average molecular weight is 424 g/mol. The Morgan fingerprint density at radius 3 is 2.36 bits per heavy atom. The molecule has 0 fully saturated rings. The van der Waals surface area contributed by atoms with Gasteiger partial charge < -0.3 is 10.6 Å². The lowest BCUT2D eigenvalue weighted by molar-refractivity contribution is 0.0940. The van der Waals surface area contributed by atoms with Crippen LogP contribution in [0.2, 0.25) is 5.02 Å². The Balaban J connectivity index is 2.23. The Kier molecular flexibility index (Phi) is 7.04. The van der Waals surface area contributed by atoms with Crippen molar-refractivity contribution in [3.8, 4) is 0 Å². The van der Waals surface area contributed by atoms with Gasteiger partial charge in [-0.3, -0.25) is 14.3 Å². The number of hydrogen-bond donors (Lipinski definition) is 3. The van der Waals surface area contributed by atoms with Crippen molar-refractivity contribution in [3.05, 3.63) is 58.6 Å². The predicted molar refractivity (Wildman–Crippen MR) is 112 cm³/mol. The predicted octanol–water partition coefficient (Wildman–Crippen LogP) is 3.49. The van der Waals surface area contributed by atoms with Crippen molar-refractivity contribution in [1.82, 2.24) is 5.32 Å². The van der Waals surface area contributed by atoms with E-state index in [9.17, 15) is 18.0 Å². The fourth-order valence-electron chi connectivity index (χ4n) is 2.36. The molecule has 9 heteroatoms. The fourth-order valence-corrected chi connectivity index (χ4v) is 3.18. The summed E-state index contributed by atoms with van der Waals surface area (Å²) in [4.78, 5) is 25.1. The Labute approximate surface area is 169 Å². The smallest absolute Gasteiger partial charge is 0.257 e. The van der Waals surface area contributed by atoms with Crippen LogP contribution in [0.1, 0.15) is 41.0 Å². The summed E-state index contributed by atoms with van der Waals surface area (Å²) in [6.45, 7) is 3.86. The summed E-state index contributed by atoms with van der Waals surface area (Å²) in [5.41, 5.74) is 1.08. The van der Waals surface area contributed by atoms with Crippen molar-refractivity contribution < 1.29 is 18.0 Å². The normalized spacial score (nSPS) is 12.1. The summed E-state index contributed by atoms with van der Waals surface area (Å²) < 4.78 is 24.9. The maximum Gasteiger partial charge on any atom is 0.257 e. The highest BCUT2D eigenvalue weighted by molar-refractivity contribution is 7.92. The van der Waals surface area contributed by atoms with Crippen molar-refractivity contribution in [2.75, 3.05) is 16.3 Å². The maximum atomic E-state index is 12.6. The number of hydrogen-bond acceptors (Lipinski definition) is 4. The first kappa shape index (κ1) is 21.7. The van der Waals surface area contributed by atoms with Crippen molar-refractivity contribution in [1.29, 1.82) is 0 Å². The van der Waals surface area contributed by atoms with Gasteiger partial charge in [-0.05, 0) is 43.7 Å². The van der Waals surface area contributed by atoms with E-state index in [2.05, 4.69) is 15.4 Å². The van der Waals surface area contributed by atoms with Gasteiger partial charge in [-0.15, -0.1) is 0 Å². The molecule has 0 aliphatic rings. The quantitative estimate of drug-likeness (QED) is 0.633. The van der Waals surface area contributed by atoms with Crippen LogP contribution in [-0.4, -0.2) is 32.5 Å². The van der Waals surface area contributed by atoms with E-state index < -0.39 is 15.9 Å². The molecule has 0 aromatic heterocycles. The number of carbonyl (C=O) groups excluding carboxylic acids is 2. The van der Waals surface area contributed by atoms with E-state index in [1.807, 2.05) is 13.8 Å². The third kappa shape index (κ3) is 5.97. The van der Waals surface area contributed by atoms with Crippen molar-refractivity contribution >= 4 is 44.8 Å². The number of sulfonamides is 1. The van der Waals surface area contributed by atoms with Crippen molar-refractivity contribution in [2.45, 2.75) is 26.3 Å². The molecule has 28 heavy (non-hydrogen) atoms. The minimum absolute atomic E-state index is 0.000547. The van der Waals surface area contributed by atoms with Crippen LogP contribution < -0.4 is 15.4 Å². The molecule has 0 aliphatic carbocycles. The zero-order chi connectivity index (χ0) is 20.9. The van der Waals surface area contributed by atoms with Gasteiger partial charge in [0.2, 0.25) is 10.0 Å². The van der Waals surface area contributed by atoms with Gasteiger partial charge in [0.25, 0.3) is 11.8 Å². The van der Waals surface area contributed by atoms with Crippen LogP contribution in [0, 0.1) is 0 Å². The van der Waals surface area contributed by atoms with E-state index in [-0.39, 0.29) is 28.2 Å². The molecule has 3 N–H and O–H groups in total. The molecule has 2 aromatic rings. The van der Waals surface area contributed by atoms with Crippen LogP contribution >= 0.6 is 11.6 Å². The number of anilines is 2. The zero-order valence-corrected chi connectivity index (χ0v) is 17.3. The summed E-state index contributed by atoms with van der Waals surface area (Å²) in [6.07, 6.45) is 1.80. The molecule has 2 amide bonds. The van der Waals surface area contributed by atoms with Gasteiger partial charge in [-0.25, -0.2) is 8.42 Å². The first-order valence-corrected chi connectivity index (χ1v) is 10.9. The largest absolute Gasteiger partial charge is 0.350 e. The van der Waals surface area contributed by atoms with Gasteiger partial charge in [0.05, 0.1) is 28.1 Å². The van der Waals surface area contributed by atoms with E-state index in [0.29, 0.717) is 11.3 Å². The minimum Gasteiger partial charge on any atom is -0.350 e. The average Bonchev–Trinajstić information content (AvgIpc) is 2.60. The third-order valence-corrected chi connectivity index (χ3v) is 4.85. The Morgan fingerprint density at radius 1 is 1.07 bits per heavy atom. The lowest BCUT2D eigenvalue weighted by Crippen LogP contribution is -2.32. The number of carbonyl (C=O) groups is 2. The van der Waals surface area contributed by atoms with Crippen molar-refractivity contribution in [3.63, 3.8) is 0 Å². The number of nitrogens with one attached hydrogen (secondary N) is 3. The summed E-state index contributed by atoms with van der Waals surface area (Å²) in [5, 5.41) is 5.62. The standard InChI is InChI=1S/C19H22ClN3O4S/c1-4-12(2)21-19(25)15-7-5-6-8-17(15)22-18(24)14-10-9-13(11-16(14)20)23-28(3,26)27/h5-12,23H,4H2,1-3H3,(H,21,25)(H,22,24)/t12-/m0/s1. The second-order valence-electron chi connectivity index (χ2n) is 6.35. The number of benzene rings is 2. The third-order valence-electron chi connectivity index (χ3n) is 3.93. The summed E-state index contributed by atoms with van der Waals surface area (Å²) >= 11 is 6.13. The van der Waals surface area contributed by atoms with E-state index >= 15 is 0 Å². The van der Waals surface area contributed by atoms with Gasteiger partial charge in [-0.2, -0.15) is 0 Å². The molecule has 0 saturated heterocycles. The van der Waals surface area contributed by atoms with E-state index in [1.54, 1.807) is 24.3 Å². The topological polar surface area (TPSA) is 104 Å². The van der Waals surface area contributed by atoms with E-state index in [4.69, 9.17) is 11.6 Å². The van der Waals surface area contributed by atoms with Gasteiger partial charge >= 0.3 is 0 Å². The first-order chi connectivity index (χ1) is 13.1. The van der Waals surface area contributed by atoms with Crippen LogP contribution in [0.5, 0.6) is 0 Å². The molecule has 0 bridgehead atoms. The molecule has 150 valence electrons. The Morgan fingerprint density at radius 2 is 1.75 bits per heavy atom. The van der Waals surface area contributed by atoms with Gasteiger partial charge in [0.1, 0.15) is 0 Å². The highest BCUT2D eigenvalue weighted by Gasteiger charge is 2.17. The second-order valence-corrected chi connectivity index (χ2v) is 8.51. The minimum atomic E-state index is -3.46. The molecule has 0 radical (unpaired) electrons. The molecule has 0 saturated carbocycles. The van der Waals surface area contributed by atoms with Gasteiger partial charge in [-0.1, -0.05) is 30.7 Å². The molecule has 0 heterocycles. The molecule has 0 unspecified atom stereocenters. The molecule has 0 aliphatic heterocycles. The molecular weight excluding hydrogens is 402 g/mol. The number of para-hydroxylation sites is 1.